The molecule has 0 spiro atoms. The van der Waals surface area contributed by atoms with Gasteiger partial charge in [-0.3, -0.25) is 14.3 Å². The summed E-state index contributed by atoms with van der Waals surface area (Å²) >= 11 is 5.90. The van der Waals surface area contributed by atoms with E-state index in [1.54, 1.807) is 18.3 Å². The van der Waals surface area contributed by atoms with E-state index in [4.69, 9.17) is 16.3 Å². The highest BCUT2D eigenvalue weighted by Gasteiger charge is 2.51. The zero-order valence-electron chi connectivity index (χ0n) is 17.5. The molecule has 3 aromatic rings. The highest BCUT2D eigenvalue weighted by Crippen LogP contribution is 2.57. The Hall–Kier alpha value is -2.61. The Balaban J connectivity index is 1.36. The Morgan fingerprint density at radius 3 is 2.52 bits per heavy atom. The lowest BCUT2D eigenvalue weighted by Crippen LogP contribution is -2.47. The van der Waals surface area contributed by atoms with Crippen LogP contribution < -0.4 is 16.0 Å². The SMILES string of the molecule is CCCn1c(=O)[nH]c2nc(C34CCC(COc5ccc(Cl)cn5)(CC3)CC4)[nH]c2c1=O. The highest BCUT2D eigenvalue weighted by molar-refractivity contribution is 6.30. The average molecular weight is 444 g/mol. The number of imidazole rings is 1. The van der Waals surface area contributed by atoms with Crippen LogP contribution in [0.25, 0.3) is 11.2 Å². The van der Waals surface area contributed by atoms with Crippen LogP contribution in [0.1, 0.15) is 57.7 Å². The Bertz CT molecular complexity index is 1200. The monoisotopic (exact) mass is 443 g/mol. The summed E-state index contributed by atoms with van der Waals surface area (Å²) in [5.74, 6) is 1.43. The second kappa shape index (κ2) is 7.51. The molecular weight excluding hydrogens is 418 g/mol. The highest BCUT2D eigenvalue weighted by atomic mass is 35.5. The predicted molar refractivity (Wildman–Crippen MR) is 118 cm³/mol. The number of ether oxygens (including phenoxy) is 1. The van der Waals surface area contributed by atoms with Gasteiger partial charge in [-0.25, -0.2) is 14.8 Å². The number of aromatic nitrogens is 5. The van der Waals surface area contributed by atoms with Crippen LogP contribution >= 0.6 is 11.6 Å². The van der Waals surface area contributed by atoms with Gasteiger partial charge in [0.15, 0.2) is 5.65 Å². The lowest BCUT2D eigenvalue weighted by molar-refractivity contribution is -0.00257. The van der Waals surface area contributed by atoms with Crippen molar-refractivity contribution >= 4 is 22.8 Å². The molecule has 6 rings (SSSR count). The Labute approximate surface area is 184 Å². The van der Waals surface area contributed by atoms with Gasteiger partial charge in [0, 0.05) is 29.6 Å². The standard InChI is InChI=1S/C22H26ClN5O3/c1-2-11-28-18(29)16-17(27-20(28)30)26-19(25-16)22-8-5-21(6-9-22,7-10-22)13-31-15-4-3-14(23)12-24-15/h3-4,12H,2,5-11,13H2,1H3,(H,25,26)(H,27,30). The van der Waals surface area contributed by atoms with Gasteiger partial charge in [0.1, 0.15) is 11.3 Å². The molecule has 2 bridgehead atoms. The van der Waals surface area contributed by atoms with E-state index in [0.717, 1.165) is 50.8 Å². The summed E-state index contributed by atoms with van der Waals surface area (Å²) in [6, 6.07) is 3.59. The molecule has 3 fully saturated rings. The van der Waals surface area contributed by atoms with Gasteiger partial charge in [0.05, 0.1) is 11.6 Å². The van der Waals surface area contributed by atoms with Crippen molar-refractivity contribution in [1.29, 1.82) is 0 Å². The number of hydrogen-bond donors (Lipinski definition) is 2. The lowest BCUT2D eigenvalue weighted by atomic mass is 9.53. The average Bonchev–Trinajstić information content (AvgIpc) is 3.23. The minimum absolute atomic E-state index is 0.0712. The number of aromatic amines is 2. The van der Waals surface area contributed by atoms with Crippen LogP contribution in [0.4, 0.5) is 0 Å². The number of nitrogens with zero attached hydrogens (tertiary/aromatic N) is 3. The molecule has 3 aliphatic carbocycles. The van der Waals surface area contributed by atoms with Gasteiger partial charge in [0.2, 0.25) is 5.88 Å². The second-order valence-corrected chi connectivity index (χ2v) is 9.52. The largest absolute Gasteiger partial charge is 0.477 e. The van der Waals surface area contributed by atoms with Crippen molar-refractivity contribution in [3.05, 3.63) is 50.0 Å². The maximum absolute atomic E-state index is 12.8. The third-order valence-electron chi connectivity index (χ3n) is 7.21. The maximum atomic E-state index is 12.8. The molecule has 164 valence electrons. The first-order valence-electron chi connectivity index (χ1n) is 10.9. The third-order valence-corrected chi connectivity index (χ3v) is 7.43. The van der Waals surface area contributed by atoms with Crippen LogP contribution in [0.3, 0.4) is 0 Å². The van der Waals surface area contributed by atoms with Crippen molar-refractivity contribution in [2.24, 2.45) is 5.41 Å². The normalized spacial score (nSPS) is 25.2. The topological polar surface area (TPSA) is 106 Å². The fourth-order valence-corrected chi connectivity index (χ4v) is 5.31. The van der Waals surface area contributed by atoms with Crippen LogP contribution in [0.15, 0.2) is 27.9 Å². The number of halogens is 1. The van der Waals surface area contributed by atoms with Crippen LogP contribution in [0.5, 0.6) is 5.88 Å². The number of nitrogens with one attached hydrogen (secondary N) is 2. The molecule has 0 saturated heterocycles. The summed E-state index contributed by atoms with van der Waals surface area (Å²) < 4.78 is 7.24. The van der Waals surface area contributed by atoms with Crippen molar-refractivity contribution in [2.45, 2.75) is 63.8 Å². The van der Waals surface area contributed by atoms with Gasteiger partial charge in [-0.1, -0.05) is 18.5 Å². The van der Waals surface area contributed by atoms with Crippen LogP contribution in [0.2, 0.25) is 5.02 Å². The quantitative estimate of drug-likeness (QED) is 0.606. The minimum Gasteiger partial charge on any atom is -0.477 e. The third kappa shape index (κ3) is 3.46. The van der Waals surface area contributed by atoms with E-state index < -0.39 is 5.69 Å². The van der Waals surface area contributed by atoms with Crippen molar-refractivity contribution < 1.29 is 4.74 Å². The zero-order chi connectivity index (χ0) is 21.6. The van der Waals surface area contributed by atoms with E-state index in [2.05, 4.69) is 19.9 Å². The van der Waals surface area contributed by atoms with Crippen LogP contribution in [-0.4, -0.2) is 31.1 Å². The van der Waals surface area contributed by atoms with Crippen LogP contribution in [-0.2, 0) is 12.0 Å². The molecule has 0 amide bonds. The smallest absolute Gasteiger partial charge is 0.330 e. The van der Waals surface area contributed by atoms with Gasteiger partial charge in [-0.15, -0.1) is 0 Å². The van der Waals surface area contributed by atoms with Crippen molar-refractivity contribution in [1.82, 2.24) is 24.5 Å². The molecule has 3 heterocycles. The Kier molecular flexibility index (Phi) is 4.92. The molecule has 0 unspecified atom stereocenters. The summed E-state index contributed by atoms with van der Waals surface area (Å²) in [5, 5.41) is 0.597. The summed E-state index contributed by atoms with van der Waals surface area (Å²) in [6.07, 6.45) is 8.38. The molecule has 0 aliphatic heterocycles. The molecule has 3 aliphatic rings. The molecule has 0 atom stereocenters. The number of rotatable bonds is 6. The van der Waals surface area contributed by atoms with Gasteiger partial charge in [-0.2, -0.15) is 0 Å². The zero-order valence-corrected chi connectivity index (χ0v) is 18.3. The van der Waals surface area contributed by atoms with E-state index in [0.29, 0.717) is 35.2 Å². The number of hydrogen-bond acceptors (Lipinski definition) is 5. The van der Waals surface area contributed by atoms with E-state index in [1.807, 2.05) is 6.92 Å². The fraction of sp³-hybridized carbons (Fsp3) is 0.545. The van der Waals surface area contributed by atoms with Crippen molar-refractivity contribution in [3.63, 3.8) is 0 Å². The second-order valence-electron chi connectivity index (χ2n) is 9.08. The van der Waals surface area contributed by atoms with E-state index in [1.165, 1.54) is 4.57 Å². The van der Waals surface area contributed by atoms with Crippen LogP contribution in [0, 0.1) is 5.41 Å². The molecule has 8 nitrogen and oxygen atoms in total. The number of pyridine rings is 1. The Morgan fingerprint density at radius 1 is 1.13 bits per heavy atom. The summed E-state index contributed by atoms with van der Waals surface area (Å²) in [4.78, 5) is 40.0. The molecule has 3 aromatic heterocycles. The summed E-state index contributed by atoms with van der Waals surface area (Å²) in [7, 11) is 0. The first-order valence-corrected chi connectivity index (χ1v) is 11.3. The summed E-state index contributed by atoms with van der Waals surface area (Å²) in [5.41, 5.74) is 0.160. The number of fused-ring (bicyclic) bond motifs is 4. The van der Waals surface area contributed by atoms with E-state index in [9.17, 15) is 9.59 Å². The van der Waals surface area contributed by atoms with Gasteiger partial charge in [0.25, 0.3) is 5.56 Å². The maximum Gasteiger partial charge on any atom is 0.330 e. The van der Waals surface area contributed by atoms with Gasteiger partial charge in [-0.05, 0) is 51.0 Å². The lowest BCUT2D eigenvalue weighted by Gasteiger charge is -2.52. The minimum atomic E-state index is -0.394. The molecular formula is C22H26ClN5O3. The first-order chi connectivity index (χ1) is 14.9. The fourth-order valence-electron chi connectivity index (χ4n) is 5.20. The van der Waals surface area contributed by atoms with Gasteiger partial charge < -0.3 is 9.72 Å². The molecule has 0 aromatic carbocycles. The van der Waals surface area contributed by atoms with E-state index in [-0.39, 0.29) is 16.4 Å². The molecule has 2 N–H and O–H groups in total. The number of H-pyrrole nitrogens is 2. The van der Waals surface area contributed by atoms with Crippen molar-refractivity contribution in [2.75, 3.05) is 6.61 Å². The van der Waals surface area contributed by atoms with E-state index >= 15 is 0 Å². The molecule has 3 saturated carbocycles. The molecule has 31 heavy (non-hydrogen) atoms. The van der Waals surface area contributed by atoms with Gasteiger partial charge >= 0.3 is 5.69 Å². The molecule has 0 radical (unpaired) electrons. The van der Waals surface area contributed by atoms with Crippen molar-refractivity contribution in [3.8, 4) is 5.88 Å². The molecule has 9 heteroatoms. The predicted octanol–water partition coefficient (Wildman–Crippen LogP) is 3.54. The first kappa shape index (κ1) is 20.3. The Morgan fingerprint density at radius 2 is 1.87 bits per heavy atom. The summed E-state index contributed by atoms with van der Waals surface area (Å²) in [6.45, 7) is 2.98.